The molecule has 1 N–H and O–H groups in total. The Morgan fingerprint density at radius 1 is 1.22 bits per heavy atom. The zero-order valence-electron chi connectivity index (χ0n) is 11.3. The van der Waals surface area contributed by atoms with Crippen LogP contribution in [0.15, 0.2) is 0 Å². The van der Waals surface area contributed by atoms with Crippen molar-refractivity contribution in [2.45, 2.75) is 52.0 Å². The van der Waals surface area contributed by atoms with Crippen LogP contribution in [0.2, 0.25) is 0 Å². The van der Waals surface area contributed by atoms with Gasteiger partial charge in [-0.2, -0.15) is 5.26 Å². The third kappa shape index (κ3) is 7.84. The topological polar surface area (TPSA) is 79.6 Å². The highest BCUT2D eigenvalue weighted by atomic mass is 31.2. The van der Waals surface area contributed by atoms with Crippen LogP contribution in [0.25, 0.3) is 0 Å². The molecule has 5 nitrogen and oxygen atoms in total. The van der Waals surface area contributed by atoms with E-state index in [4.69, 9.17) is 14.7 Å². The van der Waals surface area contributed by atoms with Gasteiger partial charge in [-0.15, -0.1) is 0 Å². The maximum atomic E-state index is 12.0. The maximum Gasteiger partial charge on any atom is 0.256 e. The zero-order valence-corrected chi connectivity index (χ0v) is 12.2. The average Bonchev–Trinajstić information content (AvgIpc) is 2.35. The Kier molecular flexibility index (Phi) is 10.3. The number of hydrogen-bond acceptors (Lipinski definition) is 4. The fourth-order valence-electron chi connectivity index (χ4n) is 1.25. The molecule has 0 saturated carbocycles. The molecule has 0 aliphatic heterocycles. The van der Waals surface area contributed by atoms with Gasteiger partial charge in [-0.1, -0.05) is 26.7 Å². The van der Waals surface area contributed by atoms with E-state index in [1.165, 1.54) is 0 Å². The van der Waals surface area contributed by atoms with E-state index in [0.717, 1.165) is 25.7 Å². The van der Waals surface area contributed by atoms with E-state index in [1.807, 2.05) is 19.9 Å². The lowest BCUT2D eigenvalue weighted by atomic mass is 10.4. The van der Waals surface area contributed by atoms with Gasteiger partial charge in [0.05, 0.1) is 19.3 Å². The number of nitrogens with zero attached hydrogens (tertiary/aromatic N) is 1. The molecule has 0 radical (unpaired) electrons. The van der Waals surface area contributed by atoms with E-state index in [0.29, 0.717) is 13.2 Å². The number of unbranched alkanes of at least 4 members (excludes halogenated alkanes) is 2. The highest BCUT2D eigenvalue weighted by molar-refractivity contribution is 7.58. The summed E-state index contributed by atoms with van der Waals surface area (Å²) < 4.78 is 22.7. The Balaban J connectivity index is 4.32. The van der Waals surface area contributed by atoms with Gasteiger partial charge in [0, 0.05) is 12.6 Å². The van der Waals surface area contributed by atoms with Crippen LogP contribution in [0.5, 0.6) is 0 Å². The molecule has 0 bridgehead atoms. The van der Waals surface area contributed by atoms with Gasteiger partial charge in [-0.3, -0.25) is 4.57 Å². The van der Waals surface area contributed by atoms with E-state index < -0.39 is 13.4 Å². The Bertz CT molecular complexity index is 280. The SMILES string of the molecule is CCCCOC(OCCCC)P(=O)(O)CCC#N. The molecule has 0 rings (SSSR count). The maximum absolute atomic E-state index is 12.0. The molecule has 1 unspecified atom stereocenters. The number of ether oxygens (including phenoxy) is 2. The molecule has 0 spiro atoms. The van der Waals surface area contributed by atoms with Crippen LogP contribution >= 0.6 is 7.37 Å². The van der Waals surface area contributed by atoms with E-state index >= 15 is 0 Å². The van der Waals surface area contributed by atoms with Gasteiger partial charge in [0.2, 0.25) is 6.03 Å². The lowest BCUT2D eigenvalue weighted by Gasteiger charge is -2.23. The first-order valence-corrected chi connectivity index (χ1v) is 8.41. The minimum Gasteiger partial charge on any atom is -0.344 e. The summed E-state index contributed by atoms with van der Waals surface area (Å²) >= 11 is 0. The second-order valence-corrected chi connectivity index (χ2v) is 6.52. The summed E-state index contributed by atoms with van der Waals surface area (Å²) in [7, 11) is -3.57. The van der Waals surface area contributed by atoms with Crippen molar-refractivity contribution >= 4 is 7.37 Å². The van der Waals surface area contributed by atoms with Crippen molar-refractivity contribution < 1.29 is 18.9 Å². The van der Waals surface area contributed by atoms with Gasteiger partial charge in [0.15, 0.2) is 0 Å². The fourth-order valence-corrected chi connectivity index (χ4v) is 2.56. The highest BCUT2D eigenvalue weighted by Crippen LogP contribution is 2.47. The van der Waals surface area contributed by atoms with E-state index in [2.05, 4.69) is 0 Å². The molecule has 106 valence electrons. The molecule has 0 aromatic carbocycles. The Morgan fingerprint density at radius 3 is 2.11 bits per heavy atom. The molecule has 0 aromatic heterocycles. The first kappa shape index (κ1) is 17.6. The van der Waals surface area contributed by atoms with Crippen LogP contribution in [-0.2, 0) is 14.0 Å². The van der Waals surface area contributed by atoms with Gasteiger partial charge >= 0.3 is 0 Å². The molecule has 6 heteroatoms. The minimum atomic E-state index is -3.57. The van der Waals surface area contributed by atoms with Crippen molar-refractivity contribution in [3.63, 3.8) is 0 Å². The van der Waals surface area contributed by atoms with Crippen molar-refractivity contribution in [1.29, 1.82) is 5.26 Å². The standard InChI is InChI=1S/C12H24NO4P/c1-3-5-9-16-12(17-10-6-4-2)18(14,15)11-7-8-13/h12H,3-7,9-11H2,1-2H3,(H,14,15). The van der Waals surface area contributed by atoms with Crippen molar-refractivity contribution in [3.05, 3.63) is 0 Å². The van der Waals surface area contributed by atoms with Crippen LogP contribution in [-0.4, -0.2) is 30.3 Å². The van der Waals surface area contributed by atoms with Crippen LogP contribution in [0.3, 0.4) is 0 Å². The van der Waals surface area contributed by atoms with Crippen LogP contribution in [0, 0.1) is 11.3 Å². The molecule has 0 aromatic rings. The normalized spacial score (nSPS) is 14.4. The second-order valence-electron chi connectivity index (χ2n) is 4.14. The first-order valence-electron chi connectivity index (χ1n) is 6.50. The predicted molar refractivity (Wildman–Crippen MR) is 70.4 cm³/mol. The largest absolute Gasteiger partial charge is 0.344 e. The van der Waals surface area contributed by atoms with E-state index in [9.17, 15) is 9.46 Å². The molecule has 0 aliphatic rings. The molecule has 0 heterocycles. The predicted octanol–water partition coefficient (Wildman–Crippen LogP) is 3.09. The molecule has 0 saturated heterocycles. The van der Waals surface area contributed by atoms with E-state index in [-0.39, 0.29) is 12.6 Å². The highest BCUT2D eigenvalue weighted by Gasteiger charge is 2.32. The summed E-state index contributed by atoms with van der Waals surface area (Å²) in [6.07, 6.45) is 3.52. The van der Waals surface area contributed by atoms with Crippen molar-refractivity contribution in [2.24, 2.45) is 0 Å². The van der Waals surface area contributed by atoms with E-state index in [1.54, 1.807) is 0 Å². The zero-order chi connectivity index (χ0) is 13.9. The van der Waals surface area contributed by atoms with Crippen molar-refractivity contribution in [3.8, 4) is 6.07 Å². The number of nitriles is 1. The molecule has 0 amide bonds. The Morgan fingerprint density at radius 2 is 1.72 bits per heavy atom. The molecule has 18 heavy (non-hydrogen) atoms. The Hall–Kier alpha value is -0.400. The number of hydrogen-bond donors (Lipinski definition) is 1. The van der Waals surface area contributed by atoms with Crippen molar-refractivity contribution in [1.82, 2.24) is 0 Å². The third-order valence-corrected chi connectivity index (χ3v) is 4.21. The van der Waals surface area contributed by atoms with Gasteiger partial charge in [0.25, 0.3) is 7.37 Å². The Labute approximate surface area is 110 Å². The summed E-state index contributed by atoms with van der Waals surface area (Å²) in [6, 6.07) is 0.790. The lowest BCUT2D eigenvalue weighted by molar-refractivity contribution is -0.0960. The molecule has 1 atom stereocenters. The molecule has 0 aliphatic carbocycles. The fraction of sp³-hybridized carbons (Fsp3) is 0.917. The van der Waals surface area contributed by atoms with Gasteiger partial charge in [-0.25, -0.2) is 0 Å². The van der Waals surface area contributed by atoms with Crippen LogP contribution in [0.4, 0.5) is 0 Å². The lowest BCUT2D eigenvalue weighted by Crippen LogP contribution is -2.20. The van der Waals surface area contributed by atoms with Gasteiger partial charge < -0.3 is 14.4 Å². The van der Waals surface area contributed by atoms with Gasteiger partial charge in [0.1, 0.15) is 0 Å². The number of rotatable bonds is 11. The molecular weight excluding hydrogens is 253 g/mol. The van der Waals surface area contributed by atoms with Crippen molar-refractivity contribution in [2.75, 3.05) is 19.4 Å². The molecular formula is C12H24NO4P. The first-order chi connectivity index (χ1) is 8.58. The third-order valence-electron chi connectivity index (χ3n) is 2.39. The van der Waals surface area contributed by atoms with Crippen LogP contribution in [0.1, 0.15) is 46.0 Å². The smallest absolute Gasteiger partial charge is 0.256 e. The summed E-state index contributed by atoms with van der Waals surface area (Å²) in [4.78, 5) is 9.86. The summed E-state index contributed by atoms with van der Waals surface area (Å²) in [5.41, 5.74) is 0. The van der Waals surface area contributed by atoms with Crippen LogP contribution < -0.4 is 0 Å². The molecule has 0 fully saturated rings. The van der Waals surface area contributed by atoms with Gasteiger partial charge in [-0.05, 0) is 12.8 Å². The average molecular weight is 277 g/mol. The summed E-state index contributed by atoms with van der Waals surface area (Å²) in [6.45, 7) is 4.85. The second kappa shape index (κ2) is 10.5. The quantitative estimate of drug-likeness (QED) is 0.356. The summed E-state index contributed by atoms with van der Waals surface area (Å²) in [5, 5.41) is 8.48. The summed E-state index contributed by atoms with van der Waals surface area (Å²) in [5.74, 6) is 0. The monoisotopic (exact) mass is 277 g/mol. The minimum absolute atomic E-state index is 0.0402.